The third-order valence-electron chi connectivity index (χ3n) is 3.84. The Morgan fingerprint density at radius 2 is 1.85 bits per heavy atom. The lowest BCUT2D eigenvalue weighted by Crippen LogP contribution is -2.50. The van der Waals surface area contributed by atoms with E-state index in [1.54, 1.807) is 0 Å². The maximum atomic E-state index is 5.56. The standard InChI is InChI=1S/C16H25N3S/c1-3-9-18-10-12-19(13-11-18)16(20)17-15-8-6-5-7-14(15)4-2/h5-8H,3-4,9-13H2,1-2H3,(H,17,20). The van der Waals surface area contributed by atoms with E-state index < -0.39 is 0 Å². The lowest BCUT2D eigenvalue weighted by atomic mass is 10.1. The van der Waals surface area contributed by atoms with Gasteiger partial charge in [-0.2, -0.15) is 0 Å². The van der Waals surface area contributed by atoms with Gasteiger partial charge in [0.15, 0.2) is 5.11 Å². The Bertz CT molecular complexity index is 439. The number of rotatable bonds is 4. The van der Waals surface area contributed by atoms with E-state index in [0.717, 1.165) is 43.4 Å². The van der Waals surface area contributed by atoms with Gasteiger partial charge >= 0.3 is 0 Å². The number of nitrogens with zero attached hydrogens (tertiary/aromatic N) is 2. The van der Waals surface area contributed by atoms with Crippen molar-refractivity contribution >= 4 is 23.0 Å². The quantitative estimate of drug-likeness (QED) is 0.859. The number of aryl methyl sites for hydroxylation is 1. The van der Waals surface area contributed by atoms with Crippen LogP contribution in [0.15, 0.2) is 24.3 Å². The zero-order valence-corrected chi connectivity index (χ0v) is 13.4. The van der Waals surface area contributed by atoms with Crippen molar-refractivity contribution in [2.75, 3.05) is 38.0 Å². The van der Waals surface area contributed by atoms with Crippen LogP contribution in [0.1, 0.15) is 25.8 Å². The van der Waals surface area contributed by atoms with Gasteiger partial charge in [0.2, 0.25) is 0 Å². The first-order chi connectivity index (χ1) is 9.74. The molecule has 1 aliphatic rings. The molecule has 1 fully saturated rings. The summed E-state index contributed by atoms with van der Waals surface area (Å²) in [7, 11) is 0. The van der Waals surface area contributed by atoms with Gasteiger partial charge in [-0.3, -0.25) is 4.90 Å². The van der Waals surface area contributed by atoms with E-state index in [2.05, 4.69) is 53.2 Å². The van der Waals surface area contributed by atoms with Gasteiger partial charge < -0.3 is 10.2 Å². The second-order valence-electron chi connectivity index (χ2n) is 5.27. The van der Waals surface area contributed by atoms with Crippen LogP contribution in [0.4, 0.5) is 5.69 Å². The second kappa shape index (κ2) is 7.60. The van der Waals surface area contributed by atoms with Gasteiger partial charge in [0, 0.05) is 31.9 Å². The largest absolute Gasteiger partial charge is 0.346 e. The van der Waals surface area contributed by atoms with E-state index in [1.165, 1.54) is 18.5 Å². The minimum Gasteiger partial charge on any atom is -0.346 e. The summed E-state index contributed by atoms with van der Waals surface area (Å²) in [6.07, 6.45) is 2.25. The Kier molecular flexibility index (Phi) is 5.80. The minimum atomic E-state index is 0.863. The Labute approximate surface area is 128 Å². The molecule has 1 N–H and O–H groups in total. The highest BCUT2D eigenvalue weighted by Gasteiger charge is 2.18. The summed E-state index contributed by atoms with van der Waals surface area (Å²) in [6.45, 7) is 9.90. The maximum Gasteiger partial charge on any atom is 0.173 e. The van der Waals surface area contributed by atoms with Crippen molar-refractivity contribution in [1.29, 1.82) is 0 Å². The molecule has 1 aromatic carbocycles. The summed E-state index contributed by atoms with van der Waals surface area (Å²) in [6, 6.07) is 8.41. The summed E-state index contributed by atoms with van der Waals surface area (Å²) < 4.78 is 0. The molecule has 0 aliphatic carbocycles. The molecule has 110 valence electrons. The number of piperazine rings is 1. The molecule has 0 radical (unpaired) electrons. The summed E-state index contributed by atoms with van der Waals surface area (Å²) >= 11 is 5.56. The highest BCUT2D eigenvalue weighted by Crippen LogP contribution is 2.16. The molecule has 1 saturated heterocycles. The number of benzene rings is 1. The molecule has 1 heterocycles. The Hall–Kier alpha value is -1.13. The average Bonchev–Trinajstić information content (AvgIpc) is 2.49. The summed E-state index contributed by atoms with van der Waals surface area (Å²) in [5, 5.41) is 4.28. The number of para-hydroxylation sites is 1. The molecule has 20 heavy (non-hydrogen) atoms. The predicted octanol–water partition coefficient (Wildman–Crippen LogP) is 2.97. The number of hydrogen-bond donors (Lipinski definition) is 1. The first kappa shape index (κ1) is 15.3. The Balaban J connectivity index is 1.89. The van der Waals surface area contributed by atoms with Crippen molar-refractivity contribution in [3.63, 3.8) is 0 Å². The van der Waals surface area contributed by atoms with Crippen LogP contribution in [-0.2, 0) is 6.42 Å². The first-order valence-corrected chi connectivity index (χ1v) is 8.01. The average molecular weight is 291 g/mol. The molecule has 1 aromatic rings. The van der Waals surface area contributed by atoms with Crippen LogP contribution < -0.4 is 5.32 Å². The maximum absolute atomic E-state index is 5.56. The third-order valence-corrected chi connectivity index (χ3v) is 4.20. The van der Waals surface area contributed by atoms with E-state index in [0.29, 0.717) is 0 Å². The first-order valence-electron chi connectivity index (χ1n) is 7.60. The van der Waals surface area contributed by atoms with E-state index in [1.807, 2.05) is 0 Å². The van der Waals surface area contributed by atoms with Gasteiger partial charge in [0.1, 0.15) is 0 Å². The summed E-state index contributed by atoms with van der Waals surface area (Å²) in [4.78, 5) is 4.80. The fourth-order valence-corrected chi connectivity index (χ4v) is 2.93. The second-order valence-corrected chi connectivity index (χ2v) is 5.66. The predicted molar refractivity (Wildman–Crippen MR) is 90.3 cm³/mol. The lowest BCUT2D eigenvalue weighted by Gasteiger charge is -2.36. The SMILES string of the molecule is CCCN1CCN(C(=S)Nc2ccccc2CC)CC1. The van der Waals surface area contributed by atoms with Crippen molar-refractivity contribution in [1.82, 2.24) is 9.80 Å². The van der Waals surface area contributed by atoms with Crippen LogP contribution in [-0.4, -0.2) is 47.6 Å². The summed E-state index contributed by atoms with van der Waals surface area (Å²) in [5.74, 6) is 0. The molecule has 0 amide bonds. The highest BCUT2D eigenvalue weighted by atomic mass is 32.1. The van der Waals surface area contributed by atoms with Crippen molar-refractivity contribution in [2.45, 2.75) is 26.7 Å². The van der Waals surface area contributed by atoms with Crippen LogP contribution >= 0.6 is 12.2 Å². The monoisotopic (exact) mass is 291 g/mol. The molecular weight excluding hydrogens is 266 g/mol. The van der Waals surface area contributed by atoms with Gasteiger partial charge in [-0.25, -0.2) is 0 Å². The molecular formula is C16H25N3S. The molecule has 4 heteroatoms. The van der Waals surface area contributed by atoms with E-state index in [4.69, 9.17) is 12.2 Å². The van der Waals surface area contributed by atoms with Crippen molar-refractivity contribution in [3.8, 4) is 0 Å². The minimum absolute atomic E-state index is 0.863. The number of thiocarbonyl (C=S) groups is 1. The Morgan fingerprint density at radius 1 is 1.15 bits per heavy atom. The fraction of sp³-hybridized carbons (Fsp3) is 0.562. The van der Waals surface area contributed by atoms with Crippen LogP contribution in [0.2, 0.25) is 0 Å². The molecule has 3 nitrogen and oxygen atoms in total. The van der Waals surface area contributed by atoms with Gasteiger partial charge in [-0.1, -0.05) is 32.0 Å². The molecule has 1 aliphatic heterocycles. The number of anilines is 1. The van der Waals surface area contributed by atoms with Crippen molar-refractivity contribution in [3.05, 3.63) is 29.8 Å². The van der Waals surface area contributed by atoms with Gasteiger partial charge in [-0.15, -0.1) is 0 Å². The molecule has 0 saturated carbocycles. The molecule has 2 rings (SSSR count). The van der Waals surface area contributed by atoms with Gasteiger partial charge in [0.25, 0.3) is 0 Å². The molecule has 0 atom stereocenters. The number of nitrogens with one attached hydrogen (secondary N) is 1. The van der Waals surface area contributed by atoms with Crippen LogP contribution in [0, 0.1) is 0 Å². The topological polar surface area (TPSA) is 18.5 Å². The normalized spacial score (nSPS) is 16.2. The number of hydrogen-bond acceptors (Lipinski definition) is 2. The molecule has 0 bridgehead atoms. The summed E-state index contributed by atoms with van der Waals surface area (Å²) in [5.41, 5.74) is 2.47. The Morgan fingerprint density at radius 3 is 2.50 bits per heavy atom. The van der Waals surface area contributed by atoms with Crippen molar-refractivity contribution in [2.24, 2.45) is 0 Å². The van der Waals surface area contributed by atoms with E-state index in [9.17, 15) is 0 Å². The molecule has 0 aromatic heterocycles. The van der Waals surface area contributed by atoms with Crippen LogP contribution in [0.25, 0.3) is 0 Å². The fourth-order valence-electron chi connectivity index (χ4n) is 2.64. The molecule has 0 spiro atoms. The van der Waals surface area contributed by atoms with Gasteiger partial charge in [-0.05, 0) is 43.2 Å². The molecule has 0 unspecified atom stereocenters. The van der Waals surface area contributed by atoms with Crippen LogP contribution in [0.3, 0.4) is 0 Å². The lowest BCUT2D eigenvalue weighted by molar-refractivity contribution is 0.184. The van der Waals surface area contributed by atoms with E-state index in [-0.39, 0.29) is 0 Å². The van der Waals surface area contributed by atoms with Gasteiger partial charge in [0.05, 0.1) is 0 Å². The smallest absolute Gasteiger partial charge is 0.173 e. The highest BCUT2D eigenvalue weighted by molar-refractivity contribution is 7.80. The zero-order valence-electron chi connectivity index (χ0n) is 12.6. The van der Waals surface area contributed by atoms with Crippen molar-refractivity contribution < 1.29 is 0 Å². The third kappa shape index (κ3) is 3.93. The van der Waals surface area contributed by atoms with E-state index >= 15 is 0 Å². The zero-order chi connectivity index (χ0) is 14.4. The van der Waals surface area contributed by atoms with Crippen LogP contribution in [0.5, 0.6) is 0 Å².